The molecular weight excluding hydrogens is 510 g/mol. The van der Waals surface area contributed by atoms with E-state index in [9.17, 15) is 18.0 Å². The molecule has 5 N–H and O–H groups in total. The van der Waals surface area contributed by atoms with Gasteiger partial charge in [-0.1, -0.05) is 36.4 Å². The largest absolute Gasteiger partial charge is 0.468 e. The number of nitrogen functional groups attached to an aromatic ring is 1. The van der Waals surface area contributed by atoms with E-state index < -0.39 is 34.0 Å². The molecule has 0 radical (unpaired) electrons. The van der Waals surface area contributed by atoms with E-state index in [-0.39, 0.29) is 35.8 Å². The zero-order chi connectivity index (χ0) is 28.0. The highest BCUT2D eigenvalue weighted by molar-refractivity contribution is 7.89. The highest BCUT2D eigenvalue weighted by Gasteiger charge is 2.37. The van der Waals surface area contributed by atoms with Crippen molar-refractivity contribution in [2.75, 3.05) is 13.7 Å². The molecule has 3 atom stereocenters. The van der Waals surface area contributed by atoms with Gasteiger partial charge in [0.1, 0.15) is 11.9 Å². The molecule has 3 rings (SSSR count). The van der Waals surface area contributed by atoms with Crippen LogP contribution in [0.25, 0.3) is 0 Å². The number of nitrogens with two attached hydrogens (primary N) is 1. The Morgan fingerprint density at radius 1 is 1.21 bits per heavy atom. The Balaban J connectivity index is 1.63. The first-order valence-electron chi connectivity index (χ1n) is 12.2. The van der Waals surface area contributed by atoms with Crippen molar-refractivity contribution >= 4 is 27.7 Å². The smallest absolute Gasteiger partial charge is 0.325 e. The van der Waals surface area contributed by atoms with E-state index in [2.05, 4.69) is 10.0 Å². The fourth-order valence-corrected chi connectivity index (χ4v) is 5.55. The lowest BCUT2D eigenvalue weighted by Crippen LogP contribution is -2.49. The van der Waals surface area contributed by atoms with Crippen molar-refractivity contribution in [3.05, 3.63) is 65.2 Å². The summed E-state index contributed by atoms with van der Waals surface area (Å²) >= 11 is 0. The van der Waals surface area contributed by atoms with Crippen molar-refractivity contribution in [1.29, 1.82) is 5.41 Å². The standard InChI is InChI=1S/C26H35N5O6S/c1-16(2)31-23(18-8-10-19(11-9-18)25(27)28)13-20(37-31)14-24(32)29-15-22(26(33)36-4)30-38(34,35)21-7-5-6-17(3)12-21/h5-12,16,20,22-23,30H,13-15H2,1-4H3,(H3,27,28)(H,29,32)/t20-,22+,23+/m1/s1. The molecule has 38 heavy (non-hydrogen) atoms. The number of benzene rings is 2. The molecule has 0 aliphatic carbocycles. The van der Waals surface area contributed by atoms with Gasteiger partial charge in [-0.2, -0.15) is 9.79 Å². The first kappa shape index (κ1) is 29.2. The summed E-state index contributed by atoms with van der Waals surface area (Å²) in [5, 5.41) is 12.0. The number of ether oxygens (including phenoxy) is 1. The molecule has 1 aliphatic heterocycles. The van der Waals surface area contributed by atoms with Crippen LogP contribution in [0.4, 0.5) is 0 Å². The Labute approximate surface area is 223 Å². The number of aryl methyl sites for hydroxylation is 1. The molecular formula is C26H35N5O6S. The van der Waals surface area contributed by atoms with E-state index in [0.29, 0.717) is 12.0 Å². The van der Waals surface area contributed by atoms with Gasteiger partial charge in [0.15, 0.2) is 0 Å². The highest BCUT2D eigenvalue weighted by Crippen LogP contribution is 2.36. The van der Waals surface area contributed by atoms with Gasteiger partial charge in [0.25, 0.3) is 0 Å². The van der Waals surface area contributed by atoms with Crippen LogP contribution >= 0.6 is 0 Å². The number of hydrogen-bond acceptors (Lipinski definition) is 8. The molecule has 0 unspecified atom stereocenters. The van der Waals surface area contributed by atoms with Crippen LogP contribution in [0.2, 0.25) is 0 Å². The van der Waals surface area contributed by atoms with Crippen LogP contribution in [0.5, 0.6) is 0 Å². The first-order valence-corrected chi connectivity index (χ1v) is 13.7. The van der Waals surface area contributed by atoms with Gasteiger partial charge in [-0.25, -0.2) is 8.42 Å². The minimum absolute atomic E-state index is 0.00763. The Kier molecular flexibility index (Phi) is 9.60. The van der Waals surface area contributed by atoms with E-state index in [4.69, 9.17) is 20.7 Å². The molecule has 206 valence electrons. The van der Waals surface area contributed by atoms with Crippen LogP contribution in [-0.4, -0.2) is 63.0 Å². The van der Waals surface area contributed by atoms with Crippen LogP contribution < -0.4 is 15.8 Å². The topological polar surface area (TPSA) is 164 Å². The summed E-state index contributed by atoms with van der Waals surface area (Å²) < 4.78 is 32.6. The van der Waals surface area contributed by atoms with Crippen molar-refractivity contribution < 1.29 is 27.6 Å². The monoisotopic (exact) mass is 545 g/mol. The normalized spacial score (nSPS) is 18.8. The zero-order valence-electron chi connectivity index (χ0n) is 21.9. The summed E-state index contributed by atoms with van der Waals surface area (Å²) in [6.45, 7) is 5.45. The Bertz CT molecular complexity index is 1270. The summed E-state index contributed by atoms with van der Waals surface area (Å²) in [4.78, 5) is 31.1. The van der Waals surface area contributed by atoms with Gasteiger partial charge in [0.05, 0.1) is 30.6 Å². The van der Waals surface area contributed by atoms with E-state index in [1.54, 1.807) is 31.2 Å². The van der Waals surface area contributed by atoms with Crippen LogP contribution in [0.15, 0.2) is 53.4 Å². The van der Waals surface area contributed by atoms with Gasteiger partial charge in [-0.05, 0) is 50.5 Å². The van der Waals surface area contributed by atoms with E-state index >= 15 is 0 Å². The van der Waals surface area contributed by atoms with E-state index in [1.807, 2.05) is 31.0 Å². The molecule has 0 spiro atoms. The maximum atomic E-state index is 12.8. The number of sulfonamides is 1. The molecule has 2 aromatic carbocycles. The molecule has 0 aromatic heterocycles. The number of methoxy groups -OCH3 is 1. The van der Waals surface area contributed by atoms with Crippen molar-refractivity contribution in [1.82, 2.24) is 15.1 Å². The molecule has 1 aliphatic rings. The summed E-state index contributed by atoms with van der Waals surface area (Å²) in [6, 6.07) is 12.2. The number of amidine groups is 1. The van der Waals surface area contributed by atoms with Gasteiger partial charge in [0, 0.05) is 18.2 Å². The third-order valence-electron chi connectivity index (χ3n) is 6.18. The fraction of sp³-hybridized carbons (Fsp3) is 0.423. The summed E-state index contributed by atoms with van der Waals surface area (Å²) in [5.41, 5.74) is 7.90. The summed E-state index contributed by atoms with van der Waals surface area (Å²) in [5.74, 6) is -1.23. The molecule has 0 saturated carbocycles. The first-order chi connectivity index (χ1) is 17.9. The second-order valence-electron chi connectivity index (χ2n) is 9.49. The van der Waals surface area contributed by atoms with Gasteiger partial charge < -0.3 is 15.8 Å². The SMILES string of the molecule is COC(=O)[C@H](CNC(=O)C[C@H]1C[C@@H](c2ccc(C(=N)N)cc2)N(C(C)C)O1)NS(=O)(=O)c1cccc(C)c1. The average molecular weight is 546 g/mol. The van der Waals surface area contributed by atoms with Gasteiger partial charge in [-0.15, -0.1) is 0 Å². The molecule has 2 aromatic rings. The lowest BCUT2D eigenvalue weighted by molar-refractivity contribution is -0.185. The second-order valence-corrected chi connectivity index (χ2v) is 11.2. The minimum Gasteiger partial charge on any atom is -0.468 e. The zero-order valence-corrected chi connectivity index (χ0v) is 22.7. The van der Waals surface area contributed by atoms with Crippen LogP contribution in [0.1, 0.15) is 49.4 Å². The third-order valence-corrected chi connectivity index (χ3v) is 7.65. The maximum Gasteiger partial charge on any atom is 0.325 e. The molecule has 12 heteroatoms. The number of hydrogen-bond donors (Lipinski definition) is 4. The minimum atomic E-state index is -4.03. The summed E-state index contributed by atoms with van der Waals surface area (Å²) in [7, 11) is -2.88. The number of esters is 1. The van der Waals surface area contributed by atoms with Crippen LogP contribution in [-0.2, 0) is 29.2 Å². The lowest BCUT2D eigenvalue weighted by atomic mass is 9.98. The fourth-order valence-electron chi connectivity index (χ4n) is 4.26. The van der Waals surface area contributed by atoms with Crippen molar-refractivity contribution in [3.63, 3.8) is 0 Å². The highest BCUT2D eigenvalue weighted by atomic mass is 32.2. The van der Waals surface area contributed by atoms with Crippen LogP contribution in [0.3, 0.4) is 0 Å². The molecule has 1 heterocycles. The molecule has 1 amide bonds. The second kappa shape index (κ2) is 12.5. The molecule has 0 bridgehead atoms. The van der Waals surface area contributed by atoms with Crippen LogP contribution in [0, 0.1) is 12.3 Å². The number of nitrogens with one attached hydrogen (secondary N) is 3. The maximum absolute atomic E-state index is 12.8. The van der Waals surface area contributed by atoms with Crippen molar-refractivity contribution in [2.24, 2.45) is 5.73 Å². The predicted molar refractivity (Wildman–Crippen MR) is 142 cm³/mol. The Morgan fingerprint density at radius 2 is 1.89 bits per heavy atom. The number of hydroxylamine groups is 2. The number of rotatable bonds is 11. The number of carbonyl (C=O) groups excluding carboxylic acids is 2. The Hall–Kier alpha value is -3.32. The van der Waals surface area contributed by atoms with Crippen molar-refractivity contribution in [3.8, 4) is 0 Å². The van der Waals surface area contributed by atoms with E-state index in [0.717, 1.165) is 18.2 Å². The van der Waals surface area contributed by atoms with E-state index in [1.165, 1.54) is 12.1 Å². The van der Waals surface area contributed by atoms with Crippen molar-refractivity contribution in [2.45, 2.75) is 62.7 Å². The van der Waals surface area contributed by atoms with Gasteiger partial charge in [-0.3, -0.25) is 19.8 Å². The number of carbonyl (C=O) groups is 2. The average Bonchev–Trinajstić information content (AvgIpc) is 3.30. The number of amides is 1. The number of nitrogens with zero attached hydrogens (tertiary/aromatic N) is 1. The molecule has 11 nitrogen and oxygen atoms in total. The third kappa shape index (κ3) is 7.38. The van der Waals surface area contributed by atoms with Gasteiger partial charge in [0.2, 0.25) is 15.9 Å². The summed E-state index contributed by atoms with van der Waals surface area (Å²) in [6.07, 6.45) is 0.144. The predicted octanol–water partition coefficient (Wildman–Crippen LogP) is 1.76. The molecule has 1 saturated heterocycles. The molecule has 1 fully saturated rings. The van der Waals surface area contributed by atoms with Gasteiger partial charge >= 0.3 is 5.97 Å². The lowest BCUT2D eigenvalue weighted by Gasteiger charge is -2.26. The quantitative estimate of drug-likeness (QED) is 0.188. The Morgan fingerprint density at radius 3 is 2.47 bits per heavy atom.